The summed E-state index contributed by atoms with van der Waals surface area (Å²) in [6.07, 6.45) is 0. The van der Waals surface area contributed by atoms with Crippen molar-refractivity contribution in [3.8, 4) is 11.3 Å². The van der Waals surface area contributed by atoms with Crippen LogP contribution in [0.5, 0.6) is 0 Å². The number of nitrogens with one attached hydrogen (secondary N) is 1. The molecule has 0 bridgehead atoms. The molecule has 0 amide bonds. The average molecular weight is 402 g/mol. The first kappa shape index (κ1) is 18.6. The second-order valence-electron chi connectivity index (χ2n) is 5.42. The molecule has 0 saturated carbocycles. The molecule has 1 aromatic heterocycles. The van der Waals surface area contributed by atoms with Crippen LogP contribution in [0.25, 0.3) is 11.3 Å². The molecular formula is C16H14N6O3S2. The maximum atomic E-state index is 12.5. The summed E-state index contributed by atoms with van der Waals surface area (Å²) in [7, 11) is -3.80. The average Bonchev–Trinajstić information content (AvgIpc) is 2.97. The van der Waals surface area contributed by atoms with Gasteiger partial charge in [0.1, 0.15) is 0 Å². The number of rotatable bonds is 4. The number of H-pyrrole nitrogens is 1. The molecule has 9 nitrogen and oxygen atoms in total. The molecule has 5 N–H and O–H groups in total. The highest BCUT2D eigenvalue weighted by Crippen LogP contribution is 2.27. The quantitative estimate of drug-likeness (QED) is 0.451. The Kier molecular flexibility index (Phi) is 4.99. The molecular weight excluding hydrogens is 388 g/mol. The lowest BCUT2D eigenvalue weighted by molar-refractivity contribution is 0.598. The lowest BCUT2D eigenvalue weighted by atomic mass is 10.1. The van der Waals surface area contributed by atoms with E-state index in [1.807, 2.05) is 6.07 Å². The number of benzene rings is 2. The number of aromatic nitrogens is 2. The predicted octanol–water partition coefficient (Wildman–Crippen LogP) is 2.00. The number of hydrogen-bond acceptors (Lipinski definition) is 6. The van der Waals surface area contributed by atoms with Crippen LogP contribution in [0.4, 0.5) is 11.4 Å². The Bertz CT molecular complexity index is 1180. The summed E-state index contributed by atoms with van der Waals surface area (Å²) in [6.45, 7) is 0. The van der Waals surface area contributed by atoms with Crippen LogP contribution in [0, 0.1) is 0 Å². The van der Waals surface area contributed by atoms with Crippen LogP contribution in [0.3, 0.4) is 0 Å². The van der Waals surface area contributed by atoms with Gasteiger partial charge in [0, 0.05) is 5.56 Å². The summed E-state index contributed by atoms with van der Waals surface area (Å²) < 4.78 is 23.6. The number of nitrogens with zero attached hydrogens (tertiary/aromatic N) is 3. The van der Waals surface area contributed by atoms with E-state index in [1.165, 1.54) is 24.3 Å². The number of nitrogens with two attached hydrogens (primary N) is 2. The molecule has 3 aromatic rings. The fourth-order valence-electron chi connectivity index (χ4n) is 2.29. The minimum absolute atomic E-state index is 0.0181. The van der Waals surface area contributed by atoms with E-state index >= 15 is 0 Å². The third-order valence-electron chi connectivity index (χ3n) is 3.58. The number of aromatic amines is 1. The van der Waals surface area contributed by atoms with Gasteiger partial charge in [-0.05, 0) is 36.5 Å². The van der Waals surface area contributed by atoms with E-state index in [1.54, 1.807) is 24.3 Å². The molecule has 0 radical (unpaired) electrons. The molecule has 138 valence electrons. The fourth-order valence-corrected chi connectivity index (χ4v) is 2.94. The van der Waals surface area contributed by atoms with Gasteiger partial charge in [-0.3, -0.25) is 9.89 Å². The van der Waals surface area contributed by atoms with Gasteiger partial charge in [0.25, 0.3) is 0 Å². The first-order valence-corrected chi connectivity index (χ1v) is 9.47. The number of thiocarbonyl (C=S) groups is 1. The van der Waals surface area contributed by atoms with E-state index in [0.29, 0.717) is 16.9 Å². The summed E-state index contributed by atoms with van der Waals surface area (Å²) >= 11 is 4.87. The molecule has 11 heteroatoms. The standard InChI is InChI=1S/C16H14N6O3S2/c17-16(26)22-15(23)14(13(21-22)10-4-2-1-3-5-10)20-19-11-6-8-12(9-7-11)27(18,24)25/h1-9,21H,(H2,17,26)(H2,18,24,25). The zero-order chi connectivity index (χ0) is 19.6. The zero-order valence-corrected chi connectivity index (χ0v) is 15.4. The molecule has 1 heterocycles. The van der Waals surface area contributed by atoms with E-state index < -0.39 is 15.6 Å². The van der Waals surface area contributed by atoms with Crippen molar-refractivity contribution in [2.24, 2.45) is 21.1 Å². The normalized spacial score (nSPS) is 11.7. The highest BCUT2D eigenvalue weighted by molar-refractivity contribution is 7.89. The van der Waals surface area contributed by atoms with Crippen molar-refractivity contribution < 1.29 is 8.42 Å². The van der Waals surface area contributed by atoms with E-state index in [-0.39, 0.29) is 15.7 Å². The topological polar surface area (TPSA) is 149 Å². The maximum absolute atomic E-state index is 12.5. The van der Waals surface area contributed by atoms with Crippen LogP contribution >= 0.6 is 12.2 Å². The number of primary sulfonamides is 1. The van der Waals surface area contributed by atoms with Crippen LogP contribution in [-0.2, 0) is 10.0 Å². The van der Waals surface area contributed by atoms with Crippen molar-refractivity contribution in [1.29, 1.82) is 0 Å². The van der Waals surface area contributed by atoms with Gasteiger partial charge in [0.15, 0.2) is 10.8 Å². The van der Waals surface area contributed by atoms with Crippen molar-refractivity contribution in [1.82, 2.24) is 9.78 Å². The van der Waals surface area contributed by atoms with Gasteiger partial charge in [-0.25, -0.2) is 13.6 Å². The Morgan fingerprint density at radius 2 is 1.67 bits per heavy atom. The third kappa shape index (κ3) is 4.00. The van der Waals surface area contributed by atoms with Crippen molar-refractivity contribution in [2.45, 2.75) is 4.90 Å². The van der Waals surface area contributed by atoms with Gasteiger partial charge in [0.05, 0.1) is 16.3 Å². The largest absolute Gasteiger partial charge is 0.374 e. The van der Waals surface area contributed by atoms with Crippen molar-refractivity contribution in [2.75, 3.05) is 0 Å². The van der Waals surface area contributed by atoms with E-state index in [2.05, 4.69) is 15.3 Å². The molecule has 3 rings (SSSR count). The monoisotopic (exact) mass is 402 g/mol. The highest BCUT2D eigenvalue weighted by Gasteiger charge is 2.17. The Morgan fingerprint density at radius 1 is 1.04 bits per heavy atom. The summed E-state index contributed by atoms with van der Waals surface area (Å²) in [6, 6.07) is 14.5. The summed E-state index contributed by atoms with van der Waals surface area (Å²) in [4.78, 5) is 12.5. The molecule has 2 aromatic carbocycles. The minimum Gasteiger partial charge on any atom is -0.374 e. The van der Waals surface area contributed by atoms with Crippen LogP contribution in [0.15, 0.2) is 74.5 Å². The Morgan fingerprint density at radius 3 is 2.22 bits per heavy atom. The Hall–Kier alpha value is -3.15. The molecule has 0 saturated heterocycles. The molecule has 27 heavy (non-hydrogen) atoms. The molecule has 0 aliphatic heterocycles. The molecule has 0 spiro atoms. The van der Waals surface area contributed by atoms with Crippen LogP contribution in [0.1, 0.15) is 0 Å². The van der Waals surface area contributed by atoms with Crippen LogP contribution in [0.2, 0.25) is 0 Å². The molecule has 0 fully saturated rings. The Balaban J connectivity index is 2.05. The third-order valence-corrected chi connectivity index (χ3v) is 4.69. The SMILES string of the molecule is NC(=S)n1[nH]c(-c2ccccc2)c(N=Nc2ccc(S(N)(=O)=O)cc2)c1=O. The minimum atomic E-state index is -3.80. The lowest BCUT2D eigenvalue weighted by Crippen LogP contribution is -2.29. The van der Waals surface area contributed by atoms with Gasteiger partial charge in [-0.15, -0.1) is 5.11 Å². The van der Waals surface area contributed by atoms with Gasteiger partial charge in [0.2, 0.25) is 10.0 Å². The van der Waals surface area contributed by atoms with E-state index in [0.717, 1.165) is 4.68 Å². The number of azo groups is 1. The summed E-state index contributed by atoms with van der Waals surface area (Å²) in [5.41, 5.74) is 6.47. The maximum Gasteiger partial charge on any atom is 0.301 e. The summed E-state index contributed by atoms with van der Waals surface area (Å²) in [5.74, 6) is 0. The van der Waals surface area contributed by atoms with E-state index in [4.69, 9.17) is 23.1 Å². The number of sulfonamides is 1. The first-order chi connectivity index (χ1) is 12.8. The molecule has 0 unspecified atom stereocenters. The smallest absolute Gasteiger partial charge is 0.301 e. The van der Waals surface area contributed by atoms with Crippen molar-refractivity contribution in [3.05, 3.63) is 65.0 Å². The van der Waals surface area contributed by atoms with Crippen LogP contribution < -0.4 is 16.4 Å². The molecule has 0 atom stereocenters. The molecule has 0 aliphatic carbocycles. The highest BCUT2D eigenvalue weighted by atomic mass is 32.2. The number of hydrogen-bond donors (Lipinski definition) is 3. The van der Waals surface area contributed by atoms with Gasteiger partial charge < -0.3 is 5.73 Å². The molecule has 0 aliphatic rings. The zero-order valence-electron chi connectivity index (χ0n) is 13.7. The fraction of sp³-hybridized carbons (Fsp3) is 0. The predicted molar refractivity (Wildman–Crippen MR) is 105 cm³/mol. The first-order valence-electron chi connectivity index (χ1n) is 7.52. The Labute approximate surface area is 159 Å². The van der Waals surface area contributed by atoms with Gasteiger partial charge >= 0.3 is 5.56 Å². The van der Waals surface area contributed by atoms with Gasteiger partial charge in [-0.2, -0.15) is 9.80 Å². The second kappa shape index (κ2) is 7.23. The lowest BCUT2D eigenvalue weighted by Gasteiger charge is -1.99. The van der Waals surface area contributed by atoms with Crippen LogP contribution in [-0.4, -0.2) is 23.3 Å². The van der Waals surface area contributed by atoms with E-state index in [9.17, 15) is 13.2 Å². The van der Waals surface area contributed by atoms with Gasteiger partial charge in [-0.1, -0.05) is 30.3 Å². The van der Waals surface area contributed by atoms with Crippen molar-refractivity contribution >= 4 is 38.7 Å². The summed E-state index contributed by atoms with van der Waals surface area (Å²) in [5, 5.41) is 15.7. The second-order valence-corrected chi connectivity index (χ2v) is 7.40. The van der Waals surface area contributed by atoms with Crippen molar-refractivity contribution in [3.63, 3.8) is 0 Å².